The van der Waals surface area contributed by atoms with Gasteiger partial charge >= 0.3 is 0 Å². The van der Waals surface area contributed by atoms with Gasteiger partial charge in [-0.15, -0.1) is 0 Å². The predicted octanol–water partition coefficient (Wildman–Crippen LogP) is 2.58. The van der Waals surface area contributed by atoms with Crippen LogP contribution in [-0.2, 0) is 0 Å². The summed E-state index contributed by atoms with van der Waals surface area (Å²) in [6.45, 7) is 3.56. The van der Waals surface area contributed by atoms with Crippen LogP contribution < -0.4 is 20.3 Å². The van der Waals surface area contributed by atoms with E-state index in [0.717, 1.165) is 5.56 Å². The van der Waals surface area contributed by atoms with Gasteiger partial charge in [0.25, 0.3) is 11.5 Å². The molecule has 26 heavy (non-hydrogen) atoms. The number of amides is 1. The number of nitrogens with zero attached hydrogens (tertiary/aromatic N) is 2. The first-order valence-corrected chi connectivity index (χ1v) is 7.98. The summed E-state index contributed by atoms with van der Waals surface area (Å²) < 4.78 is 11.9. The molecule has 0 saturated carbocycles. The maximum Gasteiger partial charge on any atom is 0.281 e. The third kappa shape index (κ3) is 2.99. The molecule has 0 radical (unpaired) electrons. The summed E-state index contributed by atoms with van der Waals surface area (Å²) in [4.78, 5) is 29.9. The minimum absolute atomic E-state index is 0.128. The molecule has 0 aliphatic rings. The van der Waals surface area contributed by atoms with Gasteiger partial charge in [-0.25, -0.2) is 4.98 Å². The zero-order valence-electron chi connectivity index (χ0n) is 15.0. The van der Waals surface area contributed by atoms with Crippen molar-refractivity contribution in [3.05, 3.63) is 63.7 Å². The summed E-state index contributed by atoms with van der Waals surface area (Å²) in [7, 11) is 2.95. The van der Waals surface area contributed by atoms with Gasteiger partial charge in [0.2, 0.25) is 0 Å². The molecule has 2 aromatic heterocycles. The predicted molar refractivity (Wildman–Crippen MR) is 98.4 cm³/mol. The Bertz CT molecular complexity index is 1060. The van der Waals surface area contributed by atoms with E-state index in [-0.39, 0.29) is 16.8 Å². The van der Waals surface area contributed by atoms with Gasteiger partial charge < -0.3 is 14.8 Å². The lowest BCUT2D eigenvalue weighted by Gasteiger charge is -2.13. The van der Waals surface area contributed by atoms with Gasteiger partial charge in [0, 0.05) is 6.20 Å². The molecule has 1 aromatic carbocycles. The second-order valence-corrected chi connectivity index (χ2v) is 5.81. The molecule has 0 bridgehead atoms. The second kappa shape index (κ2) is 6.87. The number of rotatable bonds is 4. The molecular formula is C19H19N3O4. The number of methoxy groups -OCH3 is 2. The van der Waals surface area contributed by atoms with Crippen molar-refractivity contribution in [1.29, 1.82) is 0 Å². The first kappa shape index (κ1) is 17.5. The number of aromatic nitrogens is 2. The highest BCUT2D eigenvalue weighted by molar-refractivity contribution is 6.07. The number of carbonyl (C=O) groups excluding carboxylic acids is 1. The fraction of sp³-hybridized carbons (Fsp3) is 0.211. The Morgan fingerprint density at radius 2 is 1.88 bits per heavy atom. The van der Waals surface area contributed by atoms with E-state index in [1.807, 2.05) is 13.0 Å². The number of ether oxygens (including phenoxy) is 2. The number of carbonyl (C=O) groups is 1. The summed E-state index contributed by atoms with van der Waals surface area (Å²) in [6.07, 6.45) is 1.69. The van der Waals surface area contributed by atoms with Crippen LogP contribution in [0.1, 0.15) is 21.6 Å². The number of nitrogens with one attached hydrogen (secondary N) is 1. The first-order chi connectivity index (χ1) is 12.5. The largest absolute Gasteiger partial charge is 0.493 e. The van der Waals surface area contributed by atoms with Crippen molar-refractivity contribution in [2.24, 2.45) is 0 Å². The molecule has 0 aliphatic carbocycles. The number of pyridine rings is 1. The van der Waals surface area contributed by atoms with Crippen LogP contribution in [0.2, 0.25) is 0 Å². The summed E-state index contributed by atoms with van der Waals surface area (Å²) >= 11 is 0. The van der Waals surface area contributed by atoms with Crippen LogP contribution in [0, 0.1) is 13.8 Å². The van der Waals surface area contributed by atoms with Crippen molar-refractivity contribution in [3.63, 3.8) is 0 Å². The monoisotopic (exact) mass is 353 g/mol. The first-order valence-electron chi connectivity index (χ1n) is 7.98. The van der Waals surface area contributed by atoms with Gasteiger partial charge in [0.05, 0.1) is 25.5 Å². The standard InChI is InChI=1S/C19H19N3O4/c1-11-8-9-15-20-12(2)16(19(24)22(15)10-11)21-18(23)13-6-5-7-14(25-3)17(13)26-4/h5-10H,1-4H3,(H,21,23). The number of benzene rings is 1. The van der Waals surface area contributed by atoms with Crippen molar-refractivity contribution < 1.29 is 14.3 Å². The Hall–Kier alpha value is -3.35. The molecule has 0 unspecified atom stereocenters. The maximum atomic E-state index is 12.8. The van der Waals surface area contributed by atoms with Crippen molar-refractivity contribution in [2.75, 3.05) is 19.5 Å². The Morgan fingerprint density at radius 1 is 1.12 bits per heavy atom. The molecule has 3 aromatic rings. The molecule has 1 amide bonds. The maximum absolute atomic E-state index is 12.8. The van der Waals surface area contributed by atoms with Crippen LogP contribution in [-0.4, -0.2) is 29.5 Å². The van der Waals surface area contributed by atoms with Gasteiger partial charge in [-0.2, -0.15) is 0 Å². The average molecular weight is 353 g/mol. The van der Waals surface area contributed by atoms with Crippen molar-refractivity contribution >= 4 is 17.2 Å². The molecule has 134 valence electrons. The molecule has 7 nitrogen and oxygen atoms in total. The van der Waals surface area contributed by atoms with E-state index < -0.39 is 5.91 Å². The Morgan fingerprint density at radius 3 is 2.58 bits per heavy atom. The molecule has 1 N–H and O–H groups in total. The number of aryl methyl sites for hydroxylation is 2. The van der Waals surface area contributed by atoms with Gasteiger partial charge in [-0.05, 0) is 37.6 Å². The lowest BCUT2D eigenvalue weighted by atomic mass is 10.1. The minimum atomic E-state index is -0.477. The molecule has 0 saturated heterocycles. The van der Waals surface area contributed by atoms with E-state index in [9.17, 15) is 9.59 Å². The highest BCUT2D eigenvalue weighted by atomic mass is 16.5. The zero-order chi connectivity index (χ0) is 18.8. The number of para-hydroxylation sites is 1. The minimum Gasteiger partial charge on any atom is -0.493 e. The van der Waals surface area contributed by atoms with Crippen molar-refractivity contribution in [2.45, 2.75) is 13.8 Å². The van der Waals surface area contributed by atoms with E-state index in [1.165, 1.54) is 18.6 Å². The smallest absolute Gasteiger partial charge is 0.281 e. The van der Waals surface area contributed by atoms with Gasteiger partial charge in [-0.3, -0.25) is 14.0 Å². The van der Waals surface area contributed by atoms with Gasteiger partial charge in [0.15, 0.2) is 11.5 Å². The molecule has 2 heterocycles. The number of hydrogen-bond acceptors (Lipinski definition) is 5. The Balaban J connectivity index is 2.07. The van der Waals surface area contributed by atoms with Crippen LogP contribution in [0.5, 0.6) is 11.5 Å². The number of fused-ring (bicyclic) bond motifs is 1. The van der Waals surface area contributed by atoms with E-state index >= 15 is 0 Å². The van der Waals surface area contributed by atoms with Crippen LogP contribution in [0.4, 0.5) is 5.69 Å². The van der Waals surface area contributed by atoms with Crippen molar-refractivity contribution in [3.8, 4) is 11.5 Å². The van der Waals surface area contributed by atoms with Crippen LogP contribution in [0.25, 0.3) is 5.65 Å². The van der Waals surface area contributed by atoms with Gasteiger partial charge in [-0.1, -0.05) is 12.1 Å². The average Bonchev–Trinajstić information content (AvgIpc) is 2.64. The van der Waals surface area contributed by atoms with Crippen LogP contribution in [0.3, 0.4) is 0 Å². The second-order valence-electron chi connectivity index (χ2n) is 5.81. The highest BCUT2D eigenvalue weighted by Gasteiger charge is 2.19. The van der Waals surface area contributed by atoms with Gasteiger partial charge in [0.1, 0.15) is 11.3 Å². The molecule has 7 heteroatoms. The normalized spacial score (nSPS) is 10.6. The zero-order valence-corrected chi connectivity index (χ0v) is 15.0. The molecule has 0 atom stereocenters. The molecule has 0 fully saturated rings. The van der Waals surface area contributed by atoms with Crippen LogP contribution >= 0.6 is 0 Å². The quantitative estimate of drug-likeness (QED) is 0.780. The summed E-state index contributed by atoms with van der Waals surface area (Å²) in [5, 5.41) is 2.66. The van der Waals surface area contributed by atoms with Crippen molar-refractivity contribution in [1.82, 2.24) is 9.38 Å². The van der Waals surface area contributed by atoms with E-state index in [2.05, 4.69) is 10.3 Å². The third-order valence-electron chi connectivity index (χ3n) is 4.04. The Kier molecular flexibility index (Phi) is 4.62. The summed E-state index contributed by atoms with van der Waals surface area (Å²) in [6, 6.07) is 8.61. The SMILES string of the molecule is COc1cccc(C(=O)Nc2c(C)nc3ccc(C)cn3c2=O)c1OC. The molecular weight excluding hydrogens is 334 g/mol. The van der Waals surface area contributed by atoms with E-state index in [1.54, 1.807) is 37.4 Å². The third-order valence-corrected chi connectivity index (χ3v) is 4.04. The lowest BCUT2D eigenvalue weighted by molar-refractivity contribution is 0.102. The summed E-state index contributed by atoms with van der Waals surface area (Å²) in [5.41, 5.74) is 1.93. The number of anilines is 1. The van der Waals surface area contributed by atoms with E-state index in [4.69, 9.17) is 9.47 Å². The van der Waals surface area contributed by atoms with E-state index in [0.29, 0.717) is 22.8 Å². The van der Waals surface area contributed by atoms with Crippen LogP contribution in [0.15, 0.2) is 41.3 Å². The molecule has 3 rings (SSSR count). The number of hydrogen-bond donors (Lipinski definition) is 1. The summed E-state index contributed by atoms with van der Waals surface area (Å²) in [5.74, 6) is 0.256. The molecule has 0 spiro atoms. The fourth-order valence-corrected chi connectivity index (χ4v) is 2.75. The highest BCUT2D eigenvalue weighted by Crippen LogP contribution is 2.31. The Labute approximate surface area is 150 Å². The topological polar surface area (TPSA) is 81.9 Å². The molecule has 0 aliphatic heterocycles. The lowest BCUT2D eigenvalue weighted by Crippen LogP contribution is -2.25. The fourth-order valence-electron chi connectivity index (χ4n) is 2.75.